The van der Waals surface area contributed by atoms with E-state index >= 15 is 0 Å². The van der Waals surface area contributed by atoms with Gasteiger partial charge in [0.25, 0.3) is 0 Å². The Morgan fingerprint density at radius 3 is 2.09 bits per heavy atom. The molecule has 47 heavy (non-hydrogen) atoms. The lowest BCUT2D eigenvalue weighted by Gasteiger charge is -2.12. The van der Waals surface area contributed by atoms with Crippen LogP contribution in [0.1, 0.15) is 21.6 Å². The fourth-order valence-electron chi connectivity index (χ4n) is 7.36. The molecule has 0 saturated carbocycles. The lowest BCUT2D eigenvalue weighted by Crippen LogP contribution is -2.02. The zero-order valence-electron chi connectivity index (χ0n) is 25.4. The first-order valence-electron chi connectivity index (χ1n) is 16.0. The molecule has 0 amide bonds. The number of benzene rings is 7. The monoisotopic (exact) mass is 617 g/mol. The van der Waals surface area contributed by atoms with Crippen molar-refractivity contribution in [2.75, 3.05) is 0 Å². The van der Waals surface area contributed by atoms with Gasteiger partial charge in [-0.3, -0.25) is 0 Å². The van der Waals surface area contributed by atoms with Crippen molar-refractivity contribution < 1.29 is 4.42 Å². The van der Waals surface area contributed by atoms with E-state index in [0.717, 1.165) is 56.3 Å². The Morgan fingerprint density at radius 1 is 0.511 bits per heavy atom. The number of rotatable bonds is 3. The van der Waals surface area contributed by atoms with Crippen molar-refractivity contribution in [1.29, 1.82) is 0 Å². The van der Waals surface area contributed by atoms with Crippen LogP contribution in [0.4, 0.5) is 0 Å². The van der Waals surface area contributed by atoms with Crippen LogP contribution >= 0.6 is 11.3 Å². The van der Waals surface area contributed by atoms with Crippen molar-refractivity contribution in [3.8, 4) is 11.1 Å². The van der Waals surface area contributed by atoms with E-state index in [1.807, 2.05) is 11.3 Å². The van der Waals surface area contributed by atoms with E-state index in [1.165, 1.54) is 47.8 Å². The molecule has 0 aliphatic carbocycles. The van der Waals surface area contributed by atoms with E-state index in [9.17, 15) is 0 Å². The van der Waals surface area contributed by atoms with Gasteiger partial charge in [-0.2, -0.15) is 0 Å². The lowest BCUT2D eigenvalue weighted by molar-refractivity contribution is 0.671. The van der Waals surface area contributed by atoms with E-state index in [1.54, 1.807) is 0 Å². The molecule has 0 atom stereocenters. The molecule has 0 unspecified atom stereocenters. The zero-order valence-corrected chi connectivity index (χ0v) is 26.2. The first kappa shape index (κ1) is 26.4. The van der Waals surface area contributed by atoms with Crippen LogP contribution in [0.15, 0.2) is 161 Å². The predicted molar refractivity (Wildman–Crippen MR) is 200 cm³/mol. The van der Waals surface area contributed by atoms with Crippen molar-refractivity contribution in [3.05, 3.63) is 173 Å². The Balaban J connectivity index is 1.28. The molecule has 0 bridgehead atoms. The molecule has 1 aliphatic heterocycles. The van der Waals surface area contributed by atoms with Crippen molar-refractivity contribution >= 4 is 76.3 Å². The van der Waals surface area contributed by atoms with Gasteiger partial charge in [-0.15, -0.1) is 11.3 Å². The Labute approximate surface area is 275 Å². The van der Waals surface area contributed by atoms with Gasteiger partial charge in [0, 0.05) is 32.0 Å². The van der Waals surface area contributed by atoms with Crippen LogP contribution in [-0.4, -0.2) is 5.71 Å². The summed E-state index contributed by atoms with van der Waals surface area (Å²) in [5, 5.41) is 8.29. The molecular weight excluding hydrogens is 591 g/mol. The minimum absolute atomic E-state index is 0.796. The molecule has 0 N–H and O–H groups in total. The van der Waals surface area contributed by atoms with Crippen LogP contribution in [-0.2, 0) is 6.42 Å². The summed E-state index contributed by atoms with van der Waals surface area (Å²) in [6, 6.07) is 52.0. The molecule has 3 heteroatoms. The number of allylic oxidation sites excluding steroid dienone is 1. The van der Waals surface area contributed by atoms with Crippen LogP contribution in [0.2, 0.25) is 0 Å². The summed E-state index contributed by atoms with van der Waals surface area (Å²) in [5.74, 6) is 0. The van der Waals surface area contributed by atoms with Crippen LogP contribution in [0, 0.1) is 0 Å². The first-order valence-corrected chi connectivity index (χ1v) is 16.8. The summed E-state index contributed by atoms with van der Waals surface area (Å²) < 4.78 is 8.32. The van der Waals surface area contributed by atoms with E-state index in [0.29, 0.717) is 0 Å². The molecule has 1 aliphatic rings. The maximum absolute atomic E-state index is 7.03. The van der Waals surface area contributed by atoms with Gasteiger partial charge in [0.15, 0.2) is 0 Å². The minimum Gasteiger partial charge on any atom is -0.455 e. The van der Waals surface area contributed by atoms with Crippen LogP contribution in [0.25, 0.3) is 70.4 Å². The Kier molecular flexibility index (Phi) is 5.84. The minimum atomic E-state index is 0.796. The largest absolute Gasteiger partial charge is 0.455 e. The molecule has 0 fully saturated rings. The zero-order chi connectivity index (χ0) is 30.9. The van der Waals surface area contributed by atoms with Gasteiger partial charge in [0.05, 0.1) is 16.3 Å². The van der Waals surface area contributed by atoms with Gasteiger partial charge in [-0.05, 0) is 62.9 Å². The van der Waals surface area contributed by atoms with Gasteiger partial charge in [0.1, 0.15) is 11.2 Å². The average Bonchev–Trinajstić information content (AvgIpc) is 3.65. The summed E-state index contributed by atoms with van der Waals surface area (Å²) in [7, 11) is 0. The highest BCUT2D eigenvalue weighted by Gasteiger charge is 2.24. The smallest absolute Gasteiger partial charge is 0.145 e. The highest BCUT2D eigenvalue weighted by molar-refractivity contribution is 7.21. The number of hydrogen-bond donors (Lipinski definition) is 0. The lowest BCUT2D eigenvalue weighted by atomic mass is 9.92. The molecule has 0 spiro atoms. The van der Waals surface area contributed by atoms with Crippen molar-refractivity contribution in [2.45, 2.75) is 6.42 Å². The van der Waals surface area contributed by atoms with Gasteiger partial charge in [-0.25, -0.2) is 4.99 Å². The third-order valence-electron chi connectivity index (χ3n) is 9.56. The Hall–Kier alpha value is -5.77. The SMILES string of the molecule is C1=C(c2ccc(-c3cccc4ccccc34)c3c2oc2c4ccccc4ccc23)N=C(c2ccccc2)c2sc3ccccc3c2C1. The number of hydrogen-bond acceptors (Lipinski definition) is 3. The summed E-state index contributed by atoms with van der Waals surface area (Å²) in [5.41, 5.74) is 9.58. The van der Waals surface area contributed by atoms with Gasteiger partial charge in [0.2, 0.25) is 0 Å². The molecule has 3 heterocycles. The summed E-state index contributed by atoms with van der Waals surface area (Å²) in [6.45, 7) is 0. The second-order valence-electron chi connectivity index (χ2n) is 12.2. The number of furan rings is 1. The maximum Gasteiger partial charge on any atom is 0.145 e. The van der Waals surface area contributed by atoms with E-state index in [2.05, 4.69) is 152 Å². The third-order valence-corrected chi connectivity index (χ3v) is 10.8. The first-order chi connectivity index (χ1) is 23.3. The second kappa shape index (κ2) is 10.4. The predicted octanol–water partition coefficient (Wildman–Crippen LogP) is 12.2. The second-order valence-corrected chi connectivity index (χ2v) is 13.2. The molecule has 0 radical (unpaired) electrons. The fraction of sp³-hybridized carbons (Fsp3) is 0.0227. The number of aliphatic imine (C=N–C) groups is 1. The van der Waals surface area contributed by atoms with Crippen LogP contribution in [0.3, 0.4) is 0 Å². The molecule has 9 aromatic rings. The fourth-order valence-corrected chi connectivity index (χ4v) is 8.61. The quantitative estimate of drug-likeness (QED) is 0.194. The highest BCUT2D eigenvalue weighted by Crippen LogP contribution is 2.45. The van der Waals surface area contributed by atoms with Crippen molar-refractivity contribution in [3.63, 3.8) is 0 Å². The van der Waals surface area contributed by atoms with Gasteiger partial charge < -0.3 is 4.42 Å². The molecule has 220 valence electrons. The number of thiophene rings is 1. The van der Waals surface area contributed by atoms with E-state index < -0.39 is 0 Å². The molecular formula is C44H27NOS. The van der Waals surface area contributed by atoms with Gasteiger partial charge in [-0.1, -0.05) is 133 Å². The van der Waals surface area contributed by atoms with Crippen molar-refractivity contribution in [2.24, 2.45) is 4.99 Å². The molecule has 7 aromatic carbocycles. The normalized spacial score (nSPS) is 13.3. The highest BCUT2D eigenvalue weighted by atomic mass is 32.1. The number of nitrogens with zero attached hydrogens (tertiary/aromatic N) is 1. The topological polar surface area (TPSA) is 25.5 Å². The van der Waals surface area contributed by atoms with Crippen molar-refractivity contribution in [1.82, 2.24) is 0 Å². The summed E-state index contributed by atoms with van der Waals surface area (Å²) >= 11 is 1.84. The Morgan fingerprint density at radius 2 is 1.21 bits per heavy atom. The molecule has 10 rings (SSSR count). The van der Waals surface area contributed by atoms with E-state index in [4.69, 9.17) is 9.41 Å². The molecule has 2 aromatic heterocycles. The Bertz CT molecular complexity index is 2760. The molecule has 0 saturated heterocycles. The van der Waals surface area contributed by atoms with Crippen LogP contribution in [0.5, 0.6) is 0 Å². The third kappa shape index (κ3) is 4.07. The summed E-state index contributed by atoms with van der Waals surface area (Å²) in [6.07, 6.45) is 3.09. The molecule has 2 nitrogen and oxygen atoms in total. The van der Waals surface area contributed by atoms with Crippen LogP contribution < -0.4 is 0 Å². The number of fused-ring (bicyclic) bond motifs is 9. The maximum atomic E-state index is 7.03. The standard InChI is InChI=1S/C44H27NOS/c1-2-13-29(14-3-1)41-44-35(33-18-8-9-20-39(33)47-44)25-26-38(45-41)36-24-23-34(32-19-10-15-27-11-4-6-16-30(27)32)40-37-22-21-28-12-5-7-17-31(28)42(37)46-43(36)40/h1-24,26H,25H2. The summed E-state index contributed by atoms with van der Waals surface area (Å²) in [4.78, 5) is 6.75. The van der Waals surface area contributed by atoms with E-state index in [-0.39, 0.29) is 0 Å². The average molecular weight is 618 g/mol. The van der Waals surface area contributed by atoms with Gasteiger partial charge >= 0.3 is 0 Å².